The van der Waals surface area contributed by atoms with Crippen LogP contribution in [0.5, 0.6) is 0 Å². The van der Waals surface area contributed by atoms with Crippen LogP contribution in [0, 0.1) is 0 Å². The van der Waals surface area contributed by atoms with Crippen LogP contribution in [-0.4, -0.2) is 19.9 Å². The fraction of sp³-hybridized carbons (Fsp3) is 0.308. The second-order valence-electron chi connectivity index (χ2n) is 4.35. The Bertz CT molecular complexity index is 622. The van der Waals surface area contributed by atoms with Crippen molar-refractivity contribution in [1.29, 1.82) is 0 Å². The van der Waals surface area contributed by atoms with E-state index in [-0.39, 0.29) is 5.75 Å². The number of benzene rings is 1. The topological polar surface area (TPSA) is 85.1 Å². The van der Waals surface area contributed by atoms with Crippen LogP contribution in [0.1, 0.15) is 16.1 Å². The predicted octanol–water partition coefficient (Wildman–Crippen LogP) is 1.26. The van der Waals surface area contributed by atoms with Crippen molar-refractivity contribution in [2.75, 3.05) is 6.54 Å². The van der Waals surface area contributed by atoms with E-state index in [0.717, 1.165) is 16.1 Å². The molecule has 1 aromatic heterocycles. The van der Waals surface area contributed by atoms with Crippen LogP contribution in [0.25, 0.3) is 0 Å². The molecule has 1 aromatic carbocycles. The molecule has 3 N–H and O–H groups in total. The summed E-state index contributed by atoms with van der Waals surface area (Å²) in [6, 6.07) is 7.28. The first-order valence-corrected chi connectivity index (χ1v) is 8.76. The summed E-state index contributed by atoms with van der Waals surface area (Å²) in [5.41, 5.74) is 7.25. The maximum absolute atomic E-state index is 11.9. The molecule has 0 spiro atoms. The molecule has 2 rings (SSSR count). The van der Waals surface area contributed by atoms with Crippen LogP contribution in [0.15, 0.2) is 35.8 Å². The highest BCUT2D eigenvalue weighted by Gasteiger charge is 2.11. The van der Waals surface area contributed by atoms with Crippen LogP contribution < -0.4 is 10.5 Å². The van der Waals surface area contributed by atoms with Gasteiger partial charge in [-0.15, -0.1) is 11.3 Å². The van der Waals surface area contributed by atoms with Gasteiger partial charge in [-0.3, -0.25) is 0 Å². The molecule has 0 aliphatic heterocycles. The van der Waals surface area contributed by atoms with E-state index in [4.69, 9.17) is 5.73 Å². The second kappa shape index (κ2) is 6.94. The summed E-state index contributed by atoms with van der Waals surface area (Å²) in [6.07, 6.45) is 2.33. The number of sulfonamides is 1. The number of aromatic nitrogens is 1. The maximum Gasteiger partial charge on any atom is 0.215 e. The first-order valence-electron chi connectivity index (χ1n) is 6.22. The molecular weight excluding hydrogens is 294 g/mol. The summed E-state index contributed by atoms with van der Waals surface area (Å²) >= 11 is 1.52. The van der Waals surface area contributed by atoms with E-state index in [2.05, 4.69) is 9.71 Å². The first kappa shape index (κ1) is 15.1. The summed E-state index contributed by atoms with van der Waals surface area (Å²) in [4.78, 5) is 4.11. The lowest BCUT2D eigenvalue weighted by molar-refractivity contribution is 0.580. The highest BCUT2D eigenvalue weighted by Crippen LogP contribution is 2.08. The highest BCUT2D eigenvalue weighted by molar-refractivity contribution is 7.88. The third-order valence-corrected chi connectivity index (χ3v) is 4.96. The molecule has 0 saturated heterocycles. The van der Waals surface area contributed by atoms with Crippen molar-refractivity contribution in [2.24, 2.45) is 5.73 Å². The molecule has 0 saturated carbocycles. The fourth-order valence-corrected chi connectivity index (χ4v) is 3.50. The Morgan fingerprint density at radius 1 is 1.20 bits per heavy atom. The fourth-order valence-electron chi connectivity index (χ4n) is 1.73. The van der Waals surface area contributed by atoms with E-state index in [0.29, 0.717) is 19.5 Å². The van der Waals surface area contributed by atoms with Gasteiger partial charge in [0.05, 0.1) is 10.8 Å². The zero-order chi connectivity index (χ0) is 14.4. The molecule has 5 nitrogen and oxygen atoms in total. The lowest BCUT2D eigenvalue weighted by Gasteiger charge is -2.06. The van der Waals surface area contributed by atoms with Crippen LogP contribution in [0.4, 0.5) is 0 Å². The minimum atomic E-state index is -3.31. The van der Waals surface area contributed by atoms with Gasteiger partial charge in [0.25, 0.3) is 0 Å². The second-order valence-corrected chi connectivity index (χ2v) is 7.14. The van der Waals surface area contributed by atoms with Gasteiger partial charge < -0.3 is 5.73 Å². The number of hydrogen-bond acceptors (Lipinski definition) is 5. The molecular formula is C13H17N3O2S2. The van der Waals surface area contributed by atoms with Crippen LogP contribution in [-0.2, 0) is 28.7 Å². The number of rotatable bonds is 7. The zero-order valence-corrected chi connectivity index (χ0v) is 12.6. The molecule has 0 amide bonds. The van der Waals surface area contributed by atoms with E-state index < -0.39 is 10.0 Å². The number of nitrogens with zero attached hydrogens (tertiary/aromatic N) is 1. The largest absolute Gasteiger partial charge is 0.326 e. The monoisotopic (exact) mass is 311 g/mol. The first-order chi connectivity index (χ1) is 9.59. The minimum Gasteiger partial charge on any atom is -0.326 e. The highest BCUT2D eigenvalue weighted by atomic mass is 32.2. The average Bonchev–Trinajstić information content (AvgIpc) is 2.92. The maximum atomic E-state index is 11.9. The molecule has 0 unspecified atom stereocenters. The molecule has 0 atom stereocenters. The molecule has 0 aliphatic carbocycles. The lowest BCUT2D eigenvalue weighted by atomic mass is 10.1. The van der Waals surface area contributed by atoms with Gasteiger partial charge in [-0.25, -0.2) is 18.1 Å². The van der Waals surface area contributed by atoms with Gasteiger partial charge in [-0.05, 0) is 11.1 Å². The number of hydrogen-bond donors (Lipinski definition) is 2. The predicted molar refractivity (Wildman–Crippen MR) is 80.8 cm³/mol. The lowest BCUT2D eigenvalue weighted by Crippen LogP contribution is -2.27. The Hall–Kier alpha value is -1.28. The van der Waals surface area contributed by atoms with E-state index in [1.165, 1.54) is 11.3 Å². The number of thiazole rings is 1. The van der Waals surface area contributed by atoms with Crippen molar-refractivity contribution in [3.63, 3.8) is 0 Å². The molecule has 0 radical (unpaired) electrons. The molecule has 0 aliphatic rings. The Balaban J connectivity index is 1.86. The SMILES string of the molecule is NCc1ccc(CS(=O)(=O)NCCc2nccs2)cc1. The van der Waals surface area contributed by atoms with Crippen LogP contribution in [0.2, 0.25) is 0 Å². The van der Waals surface area contributed by atoms with Crippen molar-refractivity contribution >= 4 is 21.4 Å². The summed E-state index contributed by atoms with van der Waals surface area (Å²) < 4.78 is 26.4. The smallest absolute Gasteiger partial charge is 0.215 e. The normalized spacial score (nSPS) is 11.7. The Labute approximate surface area is 122 Å². The van der Waals surface area contributed by atoms with Gasteiger partial charge in [-0.2, -0.15) is 0 Å². The Kier molecular flexibility index (Phi) is 5.24. The van der Waals surface area contributed by atoms with Gasteiger partial charge in [0.15, 0.2) is 0 Å². The van der Waals surface area contributed by atoms with E-state index in [1.807, 2.05) is 17.5 Å². The molecule has 0 fully saturated rings. The summed E-state index contributed by atoms with van der Waals surface area (Å²) in [5, 5.41) is 2.81. The van der Waals surface area contributed by atoms with Gasteiger partial charge in [0.2, 0.25) is 10.0 Å². The summed E-state index contributed by atoms with van der Waals surface area (Å²) in [6.45, 7) is 0.829. The molecule has 20 heavy (non-hydrogen) atoms. The van der Waals surface area contributed by atoms with E-state index >= 15 is 0 Å². The quantitative estimate of drug-likeness (QED) is 0.806. The third-order valence-electron chi connectivity index (χ3n) is 2.76. The van der Waals surface area contributed by atoms with E-state index in [9.17, 15) is 8.42 Å². The van der Waals surface area contributed by atoms with Gasteiger partial charge >= 0.3 is 0 Å². The zero-order valence-electron chi connectivity index (χ0n) is 11.0. The summed E-state index contributed by atoms with van der Waals surface area (Å²) in [7, 11) is -3.31. The van der Waals surface area contributed by atoms with Crippen molar-refractivity contribution in [3.8, 4) is 0 Å². The average molecular weight is 311 g/mol. The minimum absolute atomic E-state index is 0.0181. The van der Waals surface area contributed by atoms with Gasteiger partial charge in [-0.1, -0.05) is 24.3 Å². The molecule has 1 heterocycles. The van der Waals surface area contributed by atoms with E-state index in [1.54, 1.807) is 18.3 Å². The van der Waals surface area contributed by atoms with Crippen molar-refractivity contribution in [1.82, 2.24) is 9.71 Å². The number of nitrogens with two attached hydrogens (primary N) is 1. The molecule has 7 heteroatoms. The Morgan fingerprint density at radius 3 is 2.50 bits per heavy atom. The molecule has 2 aromatic rings. The standard InChI is InChI=1S/C13H17N3O2S2/c14-9-11-1-3-12(4-2-11)10-20(17,18)16-6-5-13-15-7-8-19-13/h1-4,7-8,16H,5-6,9-10,14H2. The van der Waals surface area contributed by atoms with Crippen LogP contribution >= 0.6 is 11.3 Å². The van der Waals surface area contributed by atoms with Crippen molar-refractivity contribution < 1.29 is 8.42 Å². The van der Waals surface area contributed by atoms with Crippen molar-refractivity contribution in [2.45, 2.75) is 18.7 Å². The van der Waals surface area contributed by atoms with Crippen LogP contribution in [0.3, 0.4) is 0 Å². The molecule has 0 bridgehead atoms. The van der Waals surface area contributed by atoms with Gasteiger partial charge in [0.1, 0.15) is 0 Å². The molecule has 108 valence electrons. The van der Waals surface area contributed by atoms with Crippen molar-refractivity contribution in [3.05, 3.63) is 52.0 Å². The van der Waals surface area contributed by atoms with Gasteiger partial charge in [0, 0.05) is 31.1 Å². The summed E-state index contributed by atoms with van der Waals surface area (Å²) in [5.74, 6) is -0.0181. The third kappa shape index (κ3) is 4.68. The number of nitrogens with one attached hydrogen (secondary N) is 1. The Morgan fingerprint density at radius 2 is 1.90 bits per heavy atom.